The number of hydrogen-bond acceptors (Lipinski definition) is 1. The maximum atomic E-state index is 10.1. The number of aliphatic hydroxyl groups excluding tert-OH is 1. The summed E-state index contributed by atoms with van der Waals surface area (Å²) in [5, 5.41) is 12.7. The van der Waals surface area contributed by atoms with Crippen LogP contribution in [0.2, 0.25) is 0 Å². The van der Waals surface area contributed by atoms with Crippen molar-refractivity contribution in [2.45, 2.75) is 23.8 Å². The topological polar surface area (TPSA) is 20.2 Å². The molecule has 1 aliphatic carbocycles. The van der Waals surface area contributed by atoms with Crippen molar-refractivity contribution in [2.75, 3.05) is 0 Å². The second kappa shape index (κ2) is 3.86. The molecule has 0 amide bonds. The van der Waals surface area contributed by atoms with Crippen molar-refractivity contribution in [3.05, 3.63) is 47.5 Å². The molecule has 3 rings (SSSR count). The van der Waals surface area contributed by atoms with Gasteiger partial charge in [-0.25, -0.2) is 0 Å². The Labute approximate surface area is 103 Å². The van der Waals surface area contributed by atoms with E-state index in [1.165, 1.54) is 16.3 Å². The summed E-state index contributed by atoms with van der Waals surface area (Å²) < 4.78 is 0. The highest BCUT2D eigenvalue weighted by Crippen LogP contribution is 2.37. The van der Waals surface area contributed by atoms with Crippen molar-refractivity contribution >= 4 is 26.7 Å². The van der Waals surface area contributed by atoms with E-state index in [4.69, 9.17) is 0 Å². The smallest absolute Gasteiger partial charge is 0.0917 e. The molecule has 0 bridgehead atoms. The van der Waals surface area contributed by atoms with Crippen molar-refractivity contribution in [1.29, 1.82) is 0 Å². The Morgan fingerprint density at radius 1 is 1.12 bits per heavy atom. The highest BCUT2D eigenvalue weighted by Gasteiger charge is 2.26. The Balaban J connectivity index is 2.27. The Bertz CT molecular complexity index is 535. The van der Waals surface area contributed by atoms with E-state index in [9.17, 15) is 5.11 Å². The van der Waals surface area contributed by atoms with Gasteiger partial charge >= 0.3 is 0 Å². The van der Waals surface area contributed by atoms with Crippen molar-refractivity contribution in [2.24, 2.45) is 0 Å². The van der Waals surface area contributed by atoms with Gasteiger partial charge in [0.1, 0.15) is 0 Å². The predicted octanol–water partition coefficient (Wildman–Crippen LogP) is 3.58. The molecule has 0 aliphatic heterocycles. The first kappa shape index (κ1) is 10.3. The van der Waals surface area contributed by atoms with Gasteiger partial charge in [0.2, 0.25) is 0 Å². The summed E-state index contributed by atoms with van der Waals surface area (Å²) in [5.74, 6) is 0. The fourth-order valence-electron chi connectivity index (χ4n) is 2.54. The first-order valence-corrected chi connectivity index (χ1v) is 6.51. The number of benzene rings is 2. The molecular weight excluding hydrogens is 264 g/mol. The number of aliphatic hydroxyl groups is 1. The average molecular weight is 277 g/mol. The third-order valence-electron chi connectivity index (χ3n) is 3.41. The van der Waals surface area contributed by atoms with Crippen LogP contribution in [0.25, 0.3) is 10.8 Å². The Kier molecular flexibility index (Phi) is 2.49. The van der Waals surface area contributed by atoms with E-state index in [-0.39, 0.29) is 10.9 Å². The van der Waals surface area contributed by atoms with E-state index in [1.54, 1.807) is 0 Å². The molecule has 0 aromatic heterocycles. The number of hydrogen-bond donors (Lipinski definition) is 1. The summed E-state index contributed by atoms with van der Waals surface area (Å²) in [6, 6.07) is 12.6. The van der Waals surface area contributed by atoms with Crippen LogP contribution in [0, 0.1) is 0 Å². The number of fused-ring (bicyclic) bond motifs is 3. The minimum atomic E-state index is -0.367. The predicted molar refractivity (Wildman–Crippen MR) is 69.9 cm³/mol. The minimum absolute atomic E-state index is 0.196. The van der Waals surface area contributed by atoms with Gasteiger partial charge in [0.15, 0.2) is 0 Å². The molecule has 0 spiro atoms. The largest absolute Gasteiger partial charge is 0.387 e. The monoisotopic (exact) mass is 276 g/mol. The molecule has 0 heterocycles. The van der Waals surface area contributed by atoms with Crippen molar-refractivity contribution in [3.63, 3.8) is 0 Å². The van der Waals surface area contributed by atoms with Gasteiger partial charge in [-0.3, -0.25) is 0 Å². The fraction of sp³-hybridized carbons (Fsp3) is 0.286. The van der Waals surface area contributed by atoms with Crippen molar-refractivity contribution in [1.82, 2.24) is 0 Å². The fourth-order valence-corrected chi connectivity index (χ4v) is 3.06. The molecule has 0 saturated carbocycles. The first-order chi connectivity index (χ1) is 7.77. The lowest BCUT2D eigenvalue weighted by atomic mass is 9.86. The lowest BCUT2D eigenvalue weighted by molar-refractivity contribution is 0.166. The van der Waals surface area contributed by atoms with Crippen molar-refractivity contribution < 1.29 is 5.11 Å². The van der Waals surface area contributed by atoms with Gasteiger partial charge in [-0.2, -0.15) is 0 Å². The Morgan fingerprint density at radius 2 is 1.94 bits per heavy atom. The summed E-state index contributed by atoms with van der Waals surface area (Å²) in [4.78, 5) is 0.196. The van der Waals surface area contributed by atoms with Gasteiger partial charge in [0, 0.05) is 4.83 Å². The van der Waals surface area contributed by atoms with E-state index in [0.29, 0.717) is 0 Å². The number of alkyl halides is 1. The highest BCUT2D eigenvalue weighted by molar-refractivity contribution is 9.09. The van der Waals surface area contributed by atoms with E-state index < -0.39 is 0 Å². The second-order valence-corrected chi connectivity index (χ2v) is 5.53. The van der Waals surface area contributed by atoms with Crippen molar-refractivity contribution in [3.8, 4) is 0 Å². The third-order valence-corrected chi connectivity index (χ3v) is 4.37. The van der Waals surface area contributed by atoms with Gasteiger partial charge in [0.05, 0.1) is 6.10 Å². The minimum Gasteiger partial charge on any atom is -0.387 e. The molecule has 0 saturated heterocycles. The molecule has 82 valence electrons. The lowest BCUT2D eigenvalue weighted by Crippen LogP contribution is -2.20. The molecule has 1 nitrogen and oxygen atoms in total. The molecule has 0 radical (unpaired) electrons. The van der Waals surface area contributed by atoms with Crippen LogP contribution in [0.1, 0.15) is 23.7 Å². The summed E-state index contributed by atoms with van der Waals surface area (Å²) >= 11 is 3.54. The molecular formula is C14H13BrO. The van der Waals surface area contributed by atoms with E-state index in [2.05, 4.69) is 52.3 Å². The number of rotatable bonds is 0. The van der Waals surface area contributed by atoms with Crippen LogP contribution in [-0.4, -0.2) is 9.93 Å². The zero-order chi connectivity index (χ0) is 11.1. The van der Waals surface area contributed by atoms with Crippen LogP contribution in [0.15, 0.2) is 36.4 Å². The maximum absolute atomic E-state index is 10.1. The molecule has 2 atom stereocenters. The zero-order valence-electron chi connectivity index (χ0n) is 8.86. The van der Waals surface area contributed by atoms with Crippen LogP contribution < -0.4 is 0 Å². The molecule has 2 aromatic rings. The standard InChI is InChI=1S/C14H13BrO/c15-13-8-7-11-10-4-2-1-3-9(10)5-6-12(11)14(13)16/h1-6,13-14,16H,7-8H2/t13-,14-/m1/s1. The van der Waals surface area contributed by atoms with Crippen LogP contribution in [0.4, 0.5) is 0 Å². The van der Waals surface area contributed by atoms with Gasteiger partial charge in [-0.15, -0.1) is 0 Å². The Hall–Kier alpha value is -0.860. The molecule has 0 unspecified atom stereocenters. The molecule has 2 heteroatoms. The summed E-state index contributed by atoms with van der Waals surface area (Å²) in [7, 11) is 0. The molecule has 1 aliphatic rings. The van der Waals surface area contributed by atoms with Gasteiger partial charge in [-0.1, -0.05) is 52.3 Å². The van der Waals surface area contributed by atoms with Gasteiger partial charge in [0.25, 0.3) is 0 Å². The quantitative estimate of drug-likeness (QED) is 0.730. The summed E-state index contributed by atoms with van der Waals surface area (Å²) in [6.07, 6.45) is 1.68. The lowest BCUT2D eigenvalue weighted by Gasteiger charge is -2.27. The molecule has 16 heavy (non-hydrogen) atoms. The van der Waals surface area contributed by atoms with E-state index in [0.717, 1.165) is 18.4 Å². The average Bonchev–Trinajstić information content (AvgIpc) is 2.33. The SMILES string of the molecule is O[C@@H]1c2ccc3ccccc3c2CC[C@H]1Br. The van der Waals surface area contributed by atoms with E-state index >= 15 is 0 Å². The highest BCUT2D eigenvalue weighted by atomic mass is 79.9. The summed E-state index contributed by atoms with van der Waals surface area (Å²) in [5.41, 5.74) is 2.41. The first-order valence-electron chi connectivity index (χ1n) is 5.60. The maximum Gasteiger partial charge on any atom is 0.0917 e. The zero-order valence-corrected chi connectivity index (χ0v) is 10.4. The van der Waals surface area contributed by atoms with Gasteiger partial charge < -0.3 is 5.11 Å². The van der Waals surface area contributed by atoms with Gasteiger partial charge in [-0.05, 0) is 34.7 Å². The second-order valence-electron chi connectivity index (χ2n) is 4.35. The molecule has 2 aromatic carbocycles. The van der Waals surface area contributed by atoms with Crippen LogP contribution >= 0.6 is 15.9 Å². The summed E-state index contributed by atoms with van der Waals surface area (Å²) in [6.45, 7) is 0. The Morgan fingerprint density at radius 3 is 2.81 bits per heavy atom. The molecule has 0 fully saturated rings. The van der Waals surface area contributed by atoms with E-state index in [1.807, 2.05) is 0 Å². The number of halogens is 1. The molecule has 1 N–H and O–H groups in total. The number of aryl methyl sites for hydroxylation is 1. The van der Waals surface area contributed by atoms with Crippen LogP contribution in [-0.2, 0) is 6.42 Å². The third kappa shape index (κ3) is 1.48. The normalized spacial score (nSPS) is 24.4. The van der Waals surface area contributed by atoms with Crippen LogP contribution in [0.3, 0.4) is 0 Å². The van der Waals surface area contributed by atoms with Crippen LogP contribution in [0.5, 0.6) is 0 Å².